The summed E-state index contributed by atoms with van der Waals surface area (Å²) in [6.07, 6.45) is 0. The molecule has 24 heavy (non-hydrogen) atoms. The zero-order valence-electron chi connectivity index (χ0n) is 14.1. The van der Waals surface area contributed by atoms with E-state index in [4.69, 9.17) is 9.15 Å². The molecule has 0 bridgehead atoms. The molecule has 0 spiro atoms. The van der Waals surface area contributed by atoms with E-state index >= 15 is 0 Å². The van der Waals surface area contributed by atoms with Gasteiger partial charge < -0.3 is 14.5 Å². The van der Waals surface area contributed by atoms with Crippen molar-refractivity contribution >= 4 is 22.3 Å². The standard InChI is InChI=1S/C19H21NO3S/c1-12(2)19(17-5-4-8-24-17)20-11-13-9-18(21)23-16-10-14(22-3)6-7-15(13)16/h4-10,12,19-20H,11H2,1-3H3/p+1/t19-/m0/s1. The molecule has 4 nitrogen and oxygen atoms in total. The van der Waals surface area contributed by atoms with Crippen LogP contribution in [0.3, 0.4) is 0 Å². The van der Waals surface area contributed by atoms with Gasteiger partial charge in [0.05, 0.1) is 12.0 Å². The second kappa shape index (κ2) is 7.20. The van der Waals surface area contributed by atoms with Gasteiger partial charge in [-0.05, 0) is 23.6 Å². The van der Waals surface area contributed by atoms with E-state index in [-0.39, 0.29) is 5.63 Å². The maximum absolute atomic E-state index is 11.9. The van der Waals surface area contributed by atoms with E-state index in [0.29, 0.717) is 23.3 Å². The largest absolute Gasteiger partial charge is 0.497 e. The molecule has 2 aromatic heterocycles. The highest BCUT2D eigenvalue weighted by Crippen LogP contribution is 2.24. The van der Waals surface area contributed by atoms with Crippen LogP contribution < -0.4 is 15.7 Å². The van der Waals surface area contributed by atoms with E-state index in [2.05, 4.69) is 36.7 Å². The van der Waals surface area contributed by atoms with E-state index in [1.54, 1.807) is 30.6 Å². The summed E-state index contributed by atoms with van der Waals surface area (Å²) >= 11 is 1.78. The van der Waals surface area contributed by atoms with E-state index in [1.165, 1.54) is 4.88 Å². The molecule has 0 fully saturated rings. The van der Waals surface area contributed by atoms with Crippen molar-refractivity contribution in [2.75, 3.05) is 7.11 Å². The Balaban J connectivity index is 1.90. The minimum Gasteiger partial charge on any atom is -0.497 e. The van der Waals surface area contributed by atoms with Crippen LogP contribution in [0, 0.1) is 5.92 Å². The molecule has 0 unspecified atom stereocenters. The van der Waals surface area contributed by atoms with E-state index in [9.17, 15) is 4.79 Å². The number of rotatable bonds is 6. The molecule has 2 heterocycles. The summed E-state index contributed by atoms with van der Waals surface area (Å²) in [5, 5.41) is 5.37. The highest BCUT2D eigenvalue weighted by molar-refractivity contribution is 7.10. The van der Waals surface area contributed by atoms with Gasteiger partial charge in [-0.25, -0.2) is 4.79 Å². The highest BCUT2D eigenvalue weighted by atomic mass is 32.1. The lowest BCUT2D eigenvalue weighted by molar-refractivity contribution is -0.716. The van der Waals surface area contributed by atoms with Gasteiger partial charge in [0, 0.05) is 29.0 Å². The number of hydrogen-bond acceptors (Lipinski definition) is 4. The Morgan fingerprint density at radius 3 is 2.75 bits per heavy atom. The number of ether oxygens (including phenoxy) is 1. The summed E-state index contributed by atoms with van der Waals surface area (Å²) < 4.78 is 10.5. The summed E-state index contributed by atoms with van der Waals surface area (Å²) in [5.41, 5.74) is 1.24. The number of nitrogens with two attached hydrogens (primary N) is 1. The molecule has 0 saturated carbocycles. The summed E-state index contributed by atoms with van der Waals surface area (Å²) in [6.45, 7) is 5.18. The lowest BCUT2D eigenvalue weighted by Gasteiger charge is -2.18. The highest BCUT2D eigenvalue weighted by Gasteiger charge is 2.20. The first-order valence-corrected chi connectivity index (χ1v) is 8.94. The molecule has 0 saturated heterocycles. The molecule has 2 N–H and O–H groups in total. The predicted molar refractivity (Wildman–Crippen MR) is 96.6 cm³/mol. The SMILES string of the molecule is COc1ccc2c(C[NH2+][C@H](c3cccs3)C(C)C)cc(=O)oc2c1. The maximum atomic E-state index is 11.9. The van der Waals surface area contributed by atoms with Crippen molar-refractivity contribution in [2.24, 2.45) is 5.92 Å². The predicted octanol–water partition coefficient (Wildman–Crippen LogP) is 3.32. The number of quaternary nitrogens is 1. The molecule has 0 aliphatic carbocycles. The molecular weight excluding hydrogens is 322 g/mol. The van der Waals surface area contributed by atoms with Gasteiger partial charge in [0.1, 0.15) is 23.9 Å². The van der Waals surface area contributed by atoms with Crippen LogP contribution in [0.1, 0.15) is 30.3 Å². The summed E-state index contributed by atoms with van der Waals surface area (Å²) in [4.78, 5) is 13.3. The van der Waals surface area contributed by atoms with Crippen LogP contribution in [0.2, 0.25) is 0 Å². The molecular formula is C19H22NO3S+. The molecule has 0 amide bonds. The second-order valence-electron chi connectivity index (χ2n) is 6.18. The van der Waals surface area contributed by atoms with Gasteiger partial charge in [-0.15, -0.1) is 11.3 Å². The van der Waals surface area contributed by atoms with Crippen LogP contribution in [0.4, 0.5) is 0 Å². The van der Waals surface area contributed by atoms with Crippen molar-refractivity contribution in [1.82, 2.24) is 0 Å². The number of hydrogen-bond donors (Lipinski definition) is 1. The number of methoxy groups -OCH3 is 1. The van der Waals surface area contributed by atoms with Gasteiger partial charge in [-0.1, -0.05) is 19.9 Å². The second-order valence-corrected chi connectivity index (χ2v) is 7.16. The van der Waals surface area contributed by atoms with E-state index in [0.717, 1.165) is 17.5 Å². The fourth-order valence-electron chi connectivity index (χ4n) is 2.96. The molecule has 1 aromatic carbocycles. The van der Waals surface area contributed by atoms with Gasteiger partial charge in [-0.3, -0.25) is 0 Å². The maximum Gasteiger partial charge on any atom is 0.336 e. The van der Waals surface area contributed by atoms with Crippen LogP contribution in [-0.2, 0) is 6.54 Å². The van der Waals surface area contributed by atoms with Gasteiger partial charge in [0.2, 0.25) is 0 Å². The average Bonchev–Trinajstić information content (AvgIpc) is 3.08. The fourth-order valence-corrected chi connectivity index (χ4v) is 3.95. The third-order valence-corrected chi connectivity index (χ3v) is 5.19. The van der Waals surface area contributed by atoms with Crippen LogP contribution in [0.15, 0.2) is 51.0 Å². The van der Waals surface area contributed by atoms with Gasteiger partial charge in [0.15, 0.2) is 0 Å². The molecule has 0 aliphatic rings. The smallest absolute Gasteiger partial charge is 0.336 e. The van der Waals surface area contributed by atoms with E-state index in [1.807, 2.05) is 12.1 Å². The van der Waals surface area contributed by atoms with Crippen molar-refractivity contribution in [1.29, 1.82) is 0 Å². The van der Waals surface area contributed by atoms with Crippen molar-refractivity contribution in [3.8, 4) is 5.75 Å². The molecule has 5 heteroatoms. The summed E-state index contributed by atoms with van der Waals surface area (Å²) in [5.74, 6) is 1.19. The molecule has 3 aromatic rings. The Labute approximate surface area is 145 Å². The van der Waals surface area contributed by atoms with Crippen molar-refractivity contribution in [3.05, 3.63) is 62.6 Å². The van der Waals surface area contributed by atoms with Crippen molar-refractivity contribution in [2.45, 2.75) is 26.4 Å². The van der Waals surface area contributed by atoms with Gasteiger partial charge in [0.25, 0.3) is 0 Å². The average molecular weight is 344 g/mol. The Morgan fingerprint density at radius 1 is 1.25 bits per heavy atom. The third-order valence-electron chi connectivity index (χ3n) is 4.22. The van der Waals surface area contributed by atoms with Crippen LogP contribution in [0.5, 0.6) is 5.75 Å². The molecule has 1 atom stereocenters. The van der Waals surface area contributed by atoms with Crippen LogP contribution in [-0.4, -0.2) is 7.11 Å². The number of fused-ring (bicyclic) bond motifs is 1. The normalized spacial score (nSPS) is 12.7. The first-order valence-electron chi connectivity index (χ1n) is 8.06. The lowest BCUT2D eigenvalue weighted by Crippen LogP contribution is -2.84. The lowest BCUT2D eigenvalue weighted by atomic mass is 10.0. The van der Waals surface area contributed by atoms with Crippen molar-refractivity contribution in [3.63, 3.8) is 0 Å². The molecule has 3 rings (SSSR count). The summed E-state index contributed by atoms with van der Waals surface area (Å²) in [7, 11) is 1.60. The fraction of sp³-hybridized carbons (Fsp3) is 0.316. The van der Waals surface area contributed by atoms with Crippen molar-refractivity contribution < 1.29 is 14.5 Å². The minimum atomic E-state index is -0.323. The molecule has 0 radical (unpaired) electrons. The zero-order valence-corrected chi connectivity index (χ0v) is 14.9. The first-order chi connectivity index (χ1) is 11.6. The van der Waals surface area contributed by atoms with Gasteiger partial charge >= 0.3 is 5.63 Å². The Kier molecular flexibility index (Phi) is 5.02. The van der Waals surface area contributed by atoms with Crippen LogP contribution in [0.25, 0.3) is 11.0 Å². The quantitative estimate of drug-likeness (QED) is 0.698. The third kappa shape index (κ3) is 3.52. The summed E-state index contributed by atoms with van der Waals surface area (Å²) in [6, 6.07) is 11.8. The Morgan fingerprint density at radius 2 is 2.08 bits per heavy atom. The topological polar surface area (TPSA) is 56.0 Å². The Hall–Kier alpha value is -2.11. The monoisotopic (exact) mass is 344 g/mol. The Bertz CT molecular complexity index is 868. The first kappa shape index (κ1) is 16.7. The minimum absolute atomic E-state index is 0.323. The van der Waals surface area contributed by atoms with E-state index < -0.39 is 0 Å². The molecule has 126 valence electrons. The number of benzene rings is 1. The number of thiophene rings is 1. The zero-order chi connectivity index (χ0) is 17.1. The molecule has 0 aliphatic heterocycles. The van der Waals surface area contributed by atoms with Crippen LogP contribution >= 0.6 is 11.3 Å². The van der Waals surface area contributed by atoms with Gasteiger partial charge in [-0.2, -0.15) is 0 Å².